The van der Waals surface area contributed by atoms with E-state index in [9.17, 15) is 0 Å². The lowest BCUT2D eigenvalue weighted by molar-refractivity contribution is 0.620. The Morgan fingerprint density at radius 1 is 0.431 bits per heavy atom. The highest BCUT2D eigenvalue weighted by Gasteiger charge is 2.20. The Labute approximate surface area is 292 Å². The molecule has 0 fully saturated rings. The van der Waals surface area contributed by atoms with Crippen LogP contribution in [0.4, 0.5) is 0 Å². The van der Waals surface area contributed by atoms with Crippen LogP contribution >= 0.6 is 0 Å². The first-order valence-corrected chi connectivity index (χ1v) is 17.2. The highest BCUT2D eigenvalue weighted by Crippen LogP contribution is 2.41. The molecule has 0 aliphatic carbocycles. The number of para-hydroxylation sites is 4. The van der Waals surface area contributed by atoms with E-state index in [0.717, 1.165) is 61.0 Å². The highest BCUT2D eigenvalue weighted by atomic mass is 16.3. The maximum Gasteiger partial charge on any atom is 0.228 e. The molecule has 11 rings (SSSR count). The van der Waals surface area contributed by atoms with Crippen molar-refractivity contribution in [2.24, 2.45) is 0 Å². The topological polar surface area (TPSA) is 48.8 Å². The normalized spacial score (nSPS) is 11.9. The molecule has 0 spiro atoms. The Balaban J connectivity index is 1.19. The molecule has 0 saturated heterocycles. The van der Waals surface area contributed by atoms with E-state index in [2.05, 4.69) is 160 Å². The molecule has 7 aromatic carbocycles. The number of hydrogen-bond donors (Lipinski definition) is 0. The Kier molecular flexibility index (Phi) is 5.89. The van der Waals surface area contributed by atoms with Gasteiger partial charge < -0.3 is 13.6 Å². The smallest absolute Gasteiger partial charge is 0.228 e. The third kappa shape index (κ3) is 4.15. The number of nitrogens with zero attached hydrogens (tertiary/aromatic N) is 4. The molecule has 0 radical (unpaired) electrons. The molecular weight excluding hydrogens is 625 g/mol. The quantitative estimate of drug-likeness (QED) is 0.190. The summed E-state index contributed by atoms with van der Waals surface area (Å²) in [4.78, 5) is 9.84. The lowest BCUT2D eigenvalue weighted by Crippen LogP contribution is -1.96. The maximum atomic E-state index is 6.63. The molecule has 5 heteroatoms. The van der Waals surface area contributed by atoms with Crippen LogP contribution in [0.3, 0.4) is 0 Å². The van der Waals surface area contributed by atoms with E-state index in [0.29, 0.717) is 11.5 Å². The van der Waals surface area contributed by atoms with E-state index in [1.807, 2.05) is 24.4 Å². The second-order valence-electron chi connectivity index (χ2n) is 13.0. The first kappa shape index (κ1) is 27.9. The average Bonchev–Trinajstić information content (AvgIpc) is 3.88. The summed E-state index contributed by atoms with van der Waals surface area (Å²) >= 11 is 0. The van der Waals surface area contributed by atoms with Crippen LogP contribution in [0.5, 0.6) is 0 Å². The summed E-state index contributed by atoms with van der Waals surface area (Å²) in [6, 6.07) is 57.9. The summed E-state index contributed by atoms with van der Waals surface area (Å²) in [6.07, 6.45) is 1.81. The minimum absolute atomic E-state index is 0.563. The molecule has 4 heterocycles. The molecule has 0 unspecified atom stereocenters. The zero-order chi connectivity index (χ0) is 33.5. The summed E-state index contributed by atoms with van der Waals surface area (Å²) in [5.74, 6) is 0.563. The Bertz CT molecular complexity index is 3090. The zero-order valence-electron chi connectivity index (χ0n) is 27.4. The van der Waals surface area contributed by atoms with E-state index in [1.54, 1.807) is 0 Å². The molecule has 0 atom stereocenters. The summed E-state index contributed by atoms with van der Waals surface area (Å²) in [6.45, 7) is 0. The number of pyridine rings is 1. The van der Waals surface area contributed by atoms with Crippen molar-refractivity contribution in [1.29, 1.82) is 0 Å². The van der Waals surface area contributed by atoms with Crippen molar-refractivity contribution in [2.75, 3.05) is 0 Å². The predicted molar refractivity (Wildman–Crippen MR) is 209 cm³/mol. The summed E-state index contributed by atoms with van der Waals surface area (Å²) in [5.41, 5.74) is 12.2. The summed E-state index contributed by atoms with van der Waals surface area (Å²) in [7, 11) is 0. The molecule has 0 bridgehead atoms. The van der Waals surface area contributed by atoms with Gasteiger partial charge in [-0.15, -0.1) is 0 Å². The van der Waals surface area contributed by atoms with E-state index < -0.39 is 0 Å². The number of fused-ring (bicyclic) bond motifs is 9. The van der Waals surface area contributed by atoms with Crippen LogP contribution in [0, 0.1) is 0 Å². The Hall–Kier alpha value is -6.98. The fraction of sp³-hybridized carbons (Fsp3) is 0. The molecule has 0 amide bonds. The van der Waals surface area contributed by atoms with E-state index in [4.69, 9.17) is 9.40 Å². The van der Waals surface area contributed by atoms with Gasteiger partial charge >= 0.3 is 0 Å². The minimum atomic E-state index is 0.563. The molecule has 11 aromatic rings. The van der Waals surface area contributed by atoms with Gasteiger partial charge in [0.1, 0.15) is 5.52 Å². The summed E-state index contributed by atoms with van der Waals surface area (Å²) in [5, 5.41) is 5.87. The SMILES string of the molecule is c1ccc(-n2c3ccccc3c3cc(-c4ccc(-n5c6ccccc6c6ccccc65)cc4-c4nc5c(ccc6cccnc65)o4)ccc32)cc1. The van der Waals surface area contributed by atoms with Gasteiger partial charge in [0, 0.05) is 50.1 Å². The predicted octanol–water partition coefficient (Wildman–Crippen LogP) is 11.9. The van der Waals surface area contributed by atoms with Crippen LogP contribution in [0.25, 0.3) is 99.6 Å². The van der Waals surface area contributed by atoms with Crippen LogP contribution in [0.15, 0.2) is 174 Å². The molecule has 238 valence electrons. The number of benzene rings is 7. The zero-order valence-corrected chi connectivity index (χ0v) is 27.4. The molecular formula is C46H28N4O. The van der Waals surface area contributed by atoms with Crippen LogP contribution in [0.1, 0.15) is 0 Å². The highest BCUT2D eigenvalue weighted by molar-refractivity contribution is 6.12. The molecule has 0 aliphatic rings. The van der Waals surface area contributed by atoms with Crippen molar-refractivity contribution in [2.45, 2.75) is 0 Å². The van der Waals surface area contributed by atoms with Crippen molar-refractivity contribution >= 4 is 65.6 Å². The van der Waals surface area contributed by atoms with Gasteiger partial charge in [-0.2, -0.15) is 0 Å². The molecule has 0 aliphatic heterocycles. The Morgan fingerprint density at radius 2 is 1.08 bits per heavy atom. The van der Waals surface area contributed by atoms with Gasteiger partial charge in [0.25, 0.3) is 0 Å². The molecule has 51 heavy (non-hydrogen) atoms. The van der Waals surface area contributed by atoms with Gasteiger partial charge in [0.15, 0.2) is 5.58 Å². The fourth-order valence-electron chi connectivity index (χ4n) is 7.94. The summed E-state index contributed by atoms with van der Waals surface area (Å²) < 4.78 is 11.3. The van der Waals surface area contributed by atoms with Gasteiger partial charge in [-0.05, 0) is 83.9 Å². The lowest BCUT2D eigenvalue weighted by atomic mass is 9.97. The number of oxazole rings is 1. The standard InChI is InChI=1S/C46H28N4O/c1-2-12-31(13-3-1)49-41-19-9-6-16-36(41)37-27-30(20-24-42(37)49)33-23-22-32(50-39-17-7-4-14-34(39)35-15-5-8-18-40(35)50)28-38(33)46-48-45-43(51-46)25-21-29-11-10-26-47-44(29)45/h1-28H. The van der Waals surface area contributed by atoms with Gasteiger partial charge in [-0.3, -0.25) is 4.98 Å². The van der Waals surface area contributed by atoms with Crippen LogP contribution in [-0.2, 0) is 0 Å². The minimum Gasteiger partial charge on any atom is -0.436 e. The van der Waals surface area contributed by atoms with Gasteiger partial charge in [-0.1, -0.05) is 91.0 Å². The molecule has 0 N–H and O–H groups in total. The van der Waals surface area contributed by atoms with Crippen molar-refractivity contribution in [3.63, 3.8) is 0 Å². The second-order valence-corrected chi connectivity index (χ2v) is 13.0. The van der Waals surface area contributed by atoms with Crippen LogP contribution in [0.2, 0.25) is 0 Å². The number of rotatable bonds is 4. The van der Waals surface area contributed by atoms with Crippen molar-refractivity contribution < 1.29 is 4.42 Å². The lowest BCUT2D eigenvalue weighted by Gasteiger charge is -2.14. The van der Waals surface area contributed by atoms with Crippen molar-refractivity contribution in [3.05, 3.63) is 170 Å². The van der Waals surface area contributed by atoms with Gasteiger partial charge in [-0.25, -0.2) is 4.98 Å². The van der Waals surface area contributed by atoms with Crippen molar-refractivity contribution in [1.82, 2.24) is 19.1 Å². The van der Waals surface area contributed by atoms with Gasteiger partial charge in [0.05, 0.1) is 27.6 Å². The van der Waals surface area contributed by atoms with Crippen LogP contribution in [-0.4, -0.2) is 19.1 Å². The monoisotopic (exact) mass is 652 g/mol. The maximum absolute atomic E-state index is 6.63. The van der Waals surface area contributed by atoms with E-state index in [-0.39, 0.29) is 0 Å². The number of hydrogen-bond acceptors (Lipinski definition) is 3. The van der Waals surface area contributed by atoms with Crippen molar-refractivity contribution in [3.8, 4) is 34.0 Å². The third-order valence-corrected chi connectivity index (χ3v) is 10.2. The fourth-order valence-corrected chi connectivity index (χ4v) is 7.94. The Morgan fingerprint density at radius 3 is 1.82 bits per heavy atom. The third-order valence-electron chi connectivity index (χ3n) is 10.2. The molecule has 0 saturated carbocycles. The van der Waals surface area contributed by atoms with E-state index in [1.165, 1.54) is 27.1 Å². The van der Waals surface area contributed by atoms with E-state index >= 15 is 0 Å². The number of aromatic nitrogens is 4. The largest absolute Gasteiger partial charge is 0.436 e. The molecule has 5 nitrogen and oxygen atoms in total. The molecule has 4 aromatic heterocycles. The second kappa shape index (κ2) is 10.8. The van der Waals surface area contributed by atoms with Crippen LogP contribution < -0.4 is 0 Å². The van der Waals surface area contributed by atoms with Gasteiger partial charge in [0.2, 0.25) is 5.89 Å². The average molecular weight is 653 g/mol. The first-order valence-electron chi connectivity index (χ1n) is 17.2. The first-order chi connectivity index (χ1) is 25.3.